The van der Waals surface area contributed by atoms with Gasteiger partial charge in [0, 0.05) is 18.5 Å². The lowest BCUT2D eigenvalue weighted by atomic mass is 10.1. The van der Waals surface area contributed by atoms with Gasteiger partial charge in [0.1, 0.15) is 5.82 Å². The van der Waals surface area contributed by atoms with Crippen LogP contribution >= 0.6 is 11.3 Å². The Kier molecular flexibility index (Phi) is 2.08. The molecule has 0 radical (unpaired) electrons. The third kappa shape index (κ3) is 1.53. The Hall–Kier alpha value is -0.570. The molecule has 3 heteroatoms. The third-order valence-corrected chi connectivity index (χ3v) is 2.67. The Morgan fingerprint density at radius 1 is 1.27 bits per heavy atom. The molecule has 0 saturated carbocycles. The highest BCUT2D eigenvalue weighted by Crippen LogP contribution is 2.18. The van der Waals surface area contributed by atoms with Crippen molar-refractivity contribution in [3.05, 3.63) is 10.9 Å². The van der Waals surface area contributed by atoms with Crippen molar-refractivity contribution in [3.63, 3.8) is 0 Å². The molecule has 2 rings (SSSR count). The van der Waals surface area contributed by atoms with E-state index in [0.717, 1.165) is 0 Å². The van der Waals surface area contributed by atoms with Gasteiger partial charge < -0.3 is 4.90 Å². The molecule has 2 nitrogen and oxygen atoms in total. The van der Waals surface area contributed by atoms with Gasteiger partial charge in [-0.25, -0.2) is 4.98 Å². The van der Waals surface area contributed by atoms with Crippen LogP contribution in [0.2, 0.25) is 0 Å². The summed E-state index contributed by atoms with van der Waals surface area (Å²) >= 11 is 1.68. The van der Waals surface area contributed by atoms with Crippen LogP contribution in [0.1, 0.15) is 19.3 Å². The van der Waals surface area contributed by atoms with Crippen molar-refractivity contribution in [2.75, 3.05) is 18.0 Å². The number of aromatic nitrogens is 1. The Balaban J connectivity index is 2.04. The molecule has 1 aromatic rings. The van der Waals surface area contributed by atoms with Crippen molar-refractivity contribution < 1.29 is 0 Å². The van der Waals surface area contributed by atoms with Gasteiger partial charge in [-0.1, -0.05) is 0 Å². The molecule has 11 heavy (non-hydrogen) atoms. The van der Waals surface area contributed by atoms with Gasteiger partial charge >= 0.3 is 0 Å². The van der Waals surface area contributed by atoms with E-state index in [2.05, 4.69) is 15.3 Å². The van der Waals surface area contributed by atoms with E-state index in [0.29, 0.717) is 0 Å². The summed E-state index contributed by atoms with van der Waals surface area (Å²) in [6.45, 7) is 2.40. The molecule has 0 unspecified atom stereocenters. The van der Waals surface area contributed by atoms with Crippen LogP contribution in [0.15, 0.2) is 10.9 Å². The van der Waals surface area contributed by atoms with Crippen LogP contribution < -0.4 is 4.90 Å². The molecule has 1 aliphatic heterocycles. The van der Waals surface area contributed by atoms with E-state index in [1.54, 1.807) is 11.3 Å². The number of hydrogen-bond donors (Lipinski definition) is 0. The molecule has 1 saturated heterocycles. The van der Waals surface area contributed by atoms with Crippen molar-refractivity contribution in [1.29, 1.82) is 0 Å². The highest BCUT2D eigenvalue weighted by molar-refractivity contribution is 7.07. The molecule has 0 amide bonds. The van der Waals surface area contributed by atoms with Gasteiger partial charge in [-0.05, 0) is 19.3 Å². The second kappa shape index (κ2) is 3.22. The Morgan fingerprint density at radius 2 is 2.09 bits per heavy atom. The van der Waals surface area contributed by atoms with Gasteiger partial charge in [-0.15, -0.1) is 11.3 Å². The Bertz CT molecular complexity index is 202. The maximum absolute atomic E-state index is 4.28. The lowest BCUT2D eigenvalue weighted by molar-refractivity contribution is 0.574. The first-order chi connectivity index (χ1) is 5.47. The molecular formula is C8H12N2S. The average Bonchev–Trinajstić information content (AvgIpc) is 2.58. The summed E-state index contributed by atoms with van der Waals surface area (Å²) in [6.07, 6.45) is 4.05. The number of thiazole rings is 1. The van der Waals surface area contributed by atoms with Crippen molar-refractivity contribution in [3.8, 4) is 0 Å². The predicted molar refractivity (Wildman–Crippen MR) is 48.2 cm³/mol. The third-order valence-electron chi connectivity index (χ3n) is 2.10. The predicted octanol–water partition coefficient (Wildman–Crippen LogP) is 2.13. The molecule has 1 aromatic heterocycles. The molecule has 0 spiro atoms. The van der Waals surface area contributed by atoms with Crippen LogP contribution in [0, 0.1) is 0 Å². The van der Waals surface area contributed by atoms with Gasteiger partial charge in [0.05, 0.1) is 5.51 Å². The first kappa shape index (κ1) is 7.10. The largest absolute Gasteiger partial charge is 0.356 e. The number of rotatable bonds is 1. The Labute approximate surface area is 70.9 Å². The first-order valence-corrected chi connectivity index (χ1v) is 5.04. The lowest BCUT2D eigenvalue weighted by Gasteiger charge is -2.26. The van der Waals surface area contributed by atoms with Crippen molar-refractivity contribution in [2.45, 2.75) is 19.3 Å². The average molecular weight is 168 g/mol. The standard InChI is InChI=1S/C8H12N2S/c1-2-4-10(5-3-1)8-6-11-7-9-8/h6-7H,1-5H2. The van der Waals surface area contributed by atoms with Gasteiger partial charge in [-0.3, -0.25) is 0 Å². The smallest absolute Gasteiger partial charge is 0.139 e. The molecule has 60 valence electrons. The first-order valence-electron chi connectivity index (χ1n) is 4.10. The molecule has 0 N–H and O–H groups in total. The minimum absolute atomic E-state index is 1.18. The van der Waals surface area contributed by atoms with Crippen LogP contribution in [0.5, 0.6) is 0 Å². The summed E-state index contributed by atoms with van der Waals surface area (Å²) in [5, 5.41) is 2.13. The molecule has 1 fully saturated rings. The molecule has 0 aliphatic carbocycles. The second-order valence-corrected chi connectivity index (χ2v) is 3.61. The fraction of sp³-hybridized carbons (Fsp3) is 0.625. The zero-order valence-electron chi connectivity index (χ0n) is 6.49. The maximum Gasteiger partial charge on any atom is 0.139 e. The van der Waals surface area contributed by atoms with Crippen LogP contribution in [0.25, 0.3) is 0 Å². The minimum Gasteiger partial charge on any atom is -0.356 e. The summed E-state index contributed by atoms with van der Waals surface area (Å²) in [5.41, 5.74) is 1.91. The zero-order valence-corrected chi connectivity index (χ0v) is 7.31. The highest BCUT2D eigenvalue weighted by Gasteiger charge is 2.11. The molecule has 0 atom stereocenters. The number of nitrogens with zero attached hydrogens (tertiary/aromatic N) is 2. The molecule has 0 aromatic carbocycles. The van der Waals surface area contributed by atoms with Crippen molar-refractivity contribution >= 4 is 17.2 Å². The summed E-state index contributed by atoms with van der Waals surface area (Å²) in [6, 6.07) is 0. The van der Waals surface area contributed by atoms with Gasteiger partial charge in [-0.2, -0.15) is 0 Å². The second-order valence-electron chi connectivity index (χ2n) is 2.89. The number of anilines is 1. The topological polar surface area (TPSA) is 16.1 Å². The molecular weight excluding hydrogens is 156 g/mol. The highest BCUT2D eigenvalue weighted by atomic mass is 32.1. The number of hydrogen-bond acceptors (Lipinski definition) is 3. The fourth-order valence-electron chi connectivity index (χ4n) is 1.49. The van der Waals surface area contributed by atoms with Gasteiger partial charge in [0.25, 0.3) is 0 Å². The van der Waals surface area contributed by atoms with Crippen molar-refractivity contribution in [1.82, 2.24) is 4.98 Å². The van der Waals surface area contributed by atoms with Crippen molar-refractivity contribution in [2.24, 2.45) is 0 Å². The fourth-order valence-corrected chi connectivity index (χ4v) is 2.05. The van der Waals surface area contributed by atoms with E-state index in [1.807, 2.05) is 5.51 Å². The molecule has 1 aliphatic rings. The van der Waals surface area contributed by atoms with Crippen LogP contribution in [-0.4, -0.2) is 18.1 Å². The van der Waals surface area contributed by atoms with Crippen LogP contribution in [0.3, 0.4) is 0 Å². The SMILES string of the molecule is c1nc(N2CCCCC2)cs1. The van der Waals surface area contributed by atoms with E-state index in [1.165, 1.54) is 38.2 Å². The van der Waals surface area contributed by atoms with E-state index >= 15 is 0 Å². The lowest BCUT2D eigenvalue weighted by Crippen LogP contribution is -2.29. The van der Waals surface area contributed by atoms with E-state index in [-0.39, 0.29) is 0 Å². The summed E-state index contributed by atoms with van der Waals surface area (Å²) < 4.78 is 0. The molecule has 2 heterocycles. The molecule has 0 bridgehead atoms. The normalized spacial score (nSPS) is 18.7. The van der Waals surface area contributed by atoms with E-state index in [4.69, 9.17) is 0 Å². The quantitative estimate of drug-likeness (QED) is 0.638. The summed E-state index contributed by atoms with van der Waals surface area (Å²) in [4.78, 5) is 6.66. The van der Waals surface area contributed by atoms with Crippen LogP contribution in [-0.2, 0) is 0 Å². The minimum atomic E-state index is 1.18. The summed E-state index contributed by atoms with van der Waals surface area (Å²) in [7, 11) is 0. The van der Waals surface area contributed by atoms with E-state index in [9.17, 15) is 0 Å². The van der Waals surface area contributed by atoms with E-state index < -0.39 is 0 Å². The van der Waals surface area contributed by atoms with Crippen LogP contribution in [0.4, 0.5) is 5.82 Å². The Morgan fingerprint density at radius 3 is 2.73 bits per heavy atom. The zero-order chi connectivity index (χ0) is 7.52. The van der Waals surface area contributed by atoms with Gasteiger partial charge in [0.2, 0.25) is 0 Å². The maximum atomic E-state index is 4.28. The summed E-state index contributed by atoms with van der Waals surface area (Å²) in [5.74, 6) is 1.18. The number of piperidine rings is 1. The van der Waals surface area contributed by atoms with Gasteiger partial charge in [0.15, 0.2) is 0 Å². The monoisotopic (exact) mass is 168 g/mol.